The summed E-state index contributed by atoms with van der Waals surface area (Å²) >= 11 is 6.90. The SMILES string of the molecule is CCOC(=O)c1cnc2c(Br)cc(Br)cc2c1NC. The molecule has 4 nitrogen and oxygen atoms in total. The van der Waals surface area contributed by atoms with Crippen molar-refractivity contribution >= 4 is 54.4 Å². The molecule has 0 saturated carbocycles. The highest BCUT2D eigenvalue weighted by atomic mass is 79.9. The summed E-state index contributed by atoms with van der Waals surface area (Å²) in [5, 5.41) is 3.91. The van der Waals surface area contributed by atoms with E-state index in [1.54, 1.807) is 14.0 Å². The Bertz CT molecular complexity index is 644. The minimum atomic E-state index is -0.377. The van der Waals surface area contributed by atoms with Crippen LogP contribution in [-0.2, 0) is 4.74 Å². The molecule has 0 unspecified atom stereocenters. The summed E-state index contributed by atoms with van der Waals surface area (Å²) in [5.74, 6) is -0.377. The highest BCUT2D eigenvalue weighted by molar-refractivity contribution is 9.11. The monoisotopic (exact) mass is 386 g/mol. The first kappa shape index (κ1) is 14.3. The second-order valence-electron chi connectivity index (χ2n) is 3.80. The van der Waals surface area contributed by atoms with Gasteiger partial charge in [-0.25, -0.2) is 4.79 Å². The van der Waals surface area contributed by atoms with Gasteiger partial charge in [0.15, 0.2) is 0 Å². The fraction of sp³-hybridized carbons (Fsp3) is 0.231. The minimum absolute atomic E-state index is 0.336. The molecular formula is C13H12Br2N2O2. The lowest BCUT2D eigenvalue weighted by Crippen LogP contribution is -2.09. The molecule has 0 aliphatic carbocycles. The molecule has 1 N–H and O–H groups in total. The second kappa shape index (κ2) is 5.88. The lowest BCUT2D eigenvalue weighted by Gasteiger charge is -2.12. The number of hydrogen-bond acceptors (Lipinski definition) is 4. The van der Waals surface area contributed by atoms with Crippen molar-refractivity contribution < 1.29 is 9.53 Å². The van der Waals surface area contributed by atoms with Crippen LogP contribution in [0.4, 0.5) is 5.69 Å². The van der Waals surface area contributed by atoms with Gasteiger partial charge in [-0.15, -0.1) is 0 Å². The van der Waals surface area contributed by atoms with Gasteiger partial charge >= 0.3 is 5.97 Å². The van der Waals surface area contributed by atoms with Crippen molar-refractivity contribution in [2.24, 2.45) is 0 Å². The number of nitrogens with zero attached hydrogens (tertiary/aromatic N) is 1. The van der Waals surface area contributed by atoms with Crippen molar-refractivity contribution in [3.63, 3.8) is 0 Å². The summed E-state index contributed by atoms with van der Waals surface area (Å²) in [5.41, 5.74) is 1.94. The number of carbonyl (C=O) groups is 1. The fourth-order valence-electron chi connectivity index (χ4n) is 1.86. The van der Waals surface area contributed by atoms with Gasteiger partial charge in [0, 0.05) is 27.6 Å². The van der Waals surface area contributed by atoms with Gasteiger partial charge in [-0.3, -0.25) is 4.98 Å². The summed E-state index contributed by atoms with van der Waals surface area (Å²) in [7, 11) is 1.77. The Morgan fingerprint density at radius 3 is 2.79 bits per heavy atom. The van der Waals surface area contributed by atoms with Crippen molar-refractivity contribution in [3.8, 4) is 0 Å². The molecule has 2 aromatic rings. The zero-order valence-electron chi connectivity index (χ0n) is 10.5. The van der Waals surface area contributed by atoms with Gasteiger partial charge in [-0.1, -0.05) is 15.9 Å². The van der Waals surface area contributed by atoms with E-state index in [4.69, 9.17) is 4.74 Å². The maximum Gasteiger partial charge on any atom is 0.341 e. The van der Waals surface area contributed by atoms with Crippen LogP contribution in [-0.4, -0.2) is 24.6 Å². The van der Waals surface area contributed by atoms with E-state index in [-0.39, 0.29) is 5.97 Å². The molecule has 0 bridgehead atoms. The van der Waals surface area contributed by atoms with Gasteiger partial charge in [-0.2, -0.15) is 0 Å². The van der Waals surface area contributed by atoms with E-state index >= 15 is 0 Å². The summed E-state index contributed by atoms with van der Waals surface area (Å²) in [6.07, 6.45) is 1.53. The van der Waals surface area contributed by atoms with Crippen LogP contribution in [0.25, 0.3) is 10.9 Å². The molecule has 19 heavy (non-hydrogen) atoms. The number of pyridine rings is 1. The summed E-state index contributed by atoms with van der Waals surface area (Å²) < 4.78 is 6.81. The molecule has 1 aromatic heterocycles. The smallest absolute Gasteiger partial charge is 0.341 e. The Hall–Kier alpha value is -1.14. The molecule has 0 amide bonds. The van der Waals surface area contributed by atoms with E-state index in [0.29, 0.717) is 17.9 Å². The predicted octanol–water partition coefficient (Wildman–Crippen LogP) is 3.98. The van der Waals surface area contributed by atoms with E-state index < -0.39 is 0 Å². The summed E-state index contributed by atoms with van der Waals surface area (Å²) in [6, 6.07) is 3.83. The van der Waals surface area contributed by atoms with Crippen molar-refractivity contribution in [1.82, 2.24) is 4.98 Å². The van der Waals surface area contributed by atoms with Gasteiger partial charge < -0.3 is 10.1 Å². The average Bonchev–Trinajstić information content (AvgIpc) is 2.37. The molecule has 2 rings (SSSR count). The number of ether oxygens (including phenoxy) is 1. The molecule has 1 heterocycles. The first-order valence-electron chi connectivity index (χ1n) is 5.71. The first-order valence-corrected chi connectivity index (χ1v) is 7.29. The van der Waals surface area contributed by atoms with E-state index in [0.717, 1.165) is 19.8 Å². The molecule has 0 aliphatic rings. The lowest BCUT2D eigenvalue weighted by molar-refractivity contribution is 0.0527. The lowest BCUT2D eigenvalue weighted by atomic mass is 10.1. The highest BCUT2D eigenvalue weighted by Crippen LogP contribution is 2.33. The van der Waals surface area contributed by atoms with E-state index in [1.807, 2.05) is 12.1 Å². The van der Waals surface area contributed by atoms with Crippen LogP contribution in [0.1, 0.15) is 17.3 Å². The van der Waals surface area contributed by atoms with Crippen molar-refractivity contribution in [3.05, 3.63) is 32.8 Å². The molecule has 6 heteroatoms. The van der Waals surface area contributed by atoms with E-state index in [2.05, 4.69) is 42.2 Å². The predicted molar refractivity (Wildman–Crippen MR) is 82.6 cm³/mol. The molecule has 0 fully saturated rings. The maximum atomic E-state index is 11.9. The Morgan fingerprint density at radius 1 is 1.42 bits per heavy atom. The van der Waals surface area contributed by atoms with Gasteiger partial charge in [-0.05, 0) is 35.0 Å². The van der Waals surface area contributed by atoms with Crippen molar-refractivity contribution in [2.75, 3.05) is 19.0 Å². The number of esters is 1. The average molecular weight is 388 g/mol. The van der Waals surface area contributed by atoms with Gasteiger partial charge in [0.25, 0.3) is 0 Å². The first-order chi connectivity index (χ1) is 9.08. The molecule has 0 aliphatic heterocycles. The van der Waals surface area contributed by atoms with Crippen LogP contribution in [0.2, 0.25) is 0 Å². The molecule has 0 spiro atoms. The topological polar surface area (TPSA) is 51.2 Å². The third-order valence-electron chi connectivity index (χ3n) is 2.63. The zero-order chi connectivity index (χ0) is 14.0. The maximum absolute atomic E-state index is 11.9. The van der Waals surface area contributed by atoms with Crippen LogP contribution in [0.5, 0.6) is 0 Å². The number of rotatable bonds is 3. The van der Waals surface area contributed by atoms with Gasteiger partial charge in [0.1, 0.15) is 5.56 Å². The van der Waals surface area contributed by atoms with Gasteiger partial charge in [0.05, 0.1) is 17.8 Å². The largest absolute Gasteiger partial charge is 0.462 e. The Kier molecular flexibility index (Phi) is 4.42. The number of halogens is 2. The Balaban J connectivity index is 2.72. The Morgan fingerprint density at radius 2 is 2.16 bits per heavy atom. The van der Waals surface area contributed by atoms with Crippen LogP contribution < -0.4 is 5.32 Å². The standard InChI is InChI=1S/C13H12Br2N2O2/c1-3-19-13(18)9-6-17-12-8(11(9)16-2)4-7(14)5-10(12)15/h4-6H,3H2,1-2H3,(H,16,17). The summed E-state index contributed by atoms with van der Waals surface area (Å²) in [4.78, 5) is 16.2. The van der Waals surface area contributed by atoms with Crippen molar-refractivity contribution in [1.29, 1.82) is 0 Å². The third kappa shape index (κ3) is 2.74. The number of benzene rings is 1. The molecule has 0 atom stereocenters. The number of aromatic nitrogens is 1. The van der Waals surface area contributed by atoms with E-state index in [9.17, 15) is 4.79 Å². The normalized spacial score (nSPS) is 10.5. The van der Waals surface area contributed by atoms with E-state index in [1.165, 1.54) is 6.20 Å². The van der Waals surface area contributed by atoms with Gasteiger partial charge in [0.2, 0.25) is 0 Å². The molecular weight excluding hydrogens is 376 g/mol. The Labute approximate surface area is 127 Å². The number of fused-ring (bicyclic) bond motifs is 1. The van der Waals surface area contributed by atoms with Crippen LogP contribution in [0, 0.1) is 0 Å². The molecule has 100 valence electrons. The fourth-order valence-corrected chi connectivity index (χ4v) is 3.19. The molecule has 0 saturated heterocycles. The number of carbonyl (C=O) groups excluding carboxylic acids is 1. The van der Waals surface area contributed by atoms with Crippen molar-refractivity contribution in [2.45, 2.75) is 6.92 Å². The summed E-state index contributed by atoms with van der Waals surface area (Å²) in [6.45, 7) is 2.11. The van der Waals surface area contributed by atoms with Crippen LogP contribution >= 0.6 is 31.9 Å². The third-order valence-corrected chi connectivity index (χ3v) is 3.70. The zero-order valence-corrected chi connectivity index (χ0v) is 13.6. The molecule has 1 aromatic carbocycles. The highest BCUT2D eigenvalue weighted by Gasteiger charge is 2.17. The number of nitrogens with one attached hydrogen (secondary N) is 1. The second-order valence-corrected chi connectivity index (χ2v) is 5.57. The number of anilines is 1. The van der Waals surface area contributed by atoms with Crippen LogP contribution in [0.3, 0.4) is 0 Å². The quantitative estimate of drug-likeness (QED) is 0.809. The number of hydrogen-bond donors (Lipinski definition) is 1. The minimum Gasteiger partial charge on any atom is -0.462 e. The molecule has 0 radical (unpaired) electrons. The van der Waals surface area contributed by atoms with Crippen LogP contribution in [0.15, 0.2) is 27.3 Å².